The zero-order valence-electron chi connectivity index (χ0n) is 8.45. The number of hydrogen-bond donors (Lipinski definition) is 0. The van der Waals surface area contributed by atoms with Crippen LogP contribution in [0.4, 0.5) is 0 Å². The summed E-state index contributed by atoms with van der Waals surface area (Å²) >= 11 is 0. The smallest absolute Gasteiger partial charge is 0.00866 e. The van der Waals surface area contributed by atoms with Gasteiger partial charge in [-0.25, -0.2) is 0 Å². The van der Waals surface area contributed by atoms with E-state index in [1.54, 1.807) is 0 Å². The molecule has 1 saturated heterocycles. The van der Waals surface area contributed by atoms with Crippen LogP contribution in [0.15, 0.2) is 0 Å². The number of nitrogens with zero attached hydrogens (tertiary/aromatic N) is 2. The quantitative estimate of drug-likeness (QED) is 0.589. The maximum absolute atomic E-state index is 3.95. The fourth-order valence-electron chi connectivity index (χ4n) is 1.32. The van der Waals surface area contributed by atoms with Gasteiger partial charge >= 0.3 is 0 Å². The molecule has 2 nitrogen and oxygen atoms in total. The monoisotopic (exact) mass is 407 g/mol. The molecule has 0 aromatic rings. The van der Waals surface area contributed by atoms with Gasteiger partial charge in [-0.2, -0.15) is 6.42 Å². The Hall–Kier alpha value is 3.23. The van der Waals surface area contributed by atoms with Crippen molar-refractivity contribution in [1.29, 1.82) is 0 Å². The van der Waals surface area contributed by atoms with Crippen molar-refractivity contribution in [3.05, 3.63) is 14.0 Å². The van der Waals surface area contributed by atoms with Crippen LogP contribution in [-0.2, 0) is 98.1 Å². The molecule has 13 heavy (non-hydrogen) atoms. The molecule has 69 valence electrons. The summed E-state index contributed by atoms with van der Waals surface area (Å²) in [5, 5.41) is 0. The fourth-order valence-corrected chi connectivity index (χ4v) is 1.32. The van der Waals surface area contributed by atoms with Gasteiger partial charge in [0, 0.05) is 111 Å². The van der Waals surface area contributed by atoms with Crippen LogP contribution in [0.2, 0.25) is 0 Å². The van der Waals surface area contributed by atoms with Crippen LogP contribution in [0.1, 0.15) is 6.42 Å². The molecule has 1 aliphatic rings. The minimum atomic E-state index is 0. The third-order valence-electron chi connectivity index (χ3n) is 2.14. The van der Waals surface area contributed by atoms with Gasteiger partial charge in [-0.1, -0.05) is 0 Å². The molecule has 1 fully saturated rings. The van der Waals surface area contributed by atoms with Crippen molar-refractivity contribution in [3.63, 3.8) is 0 Å². The molecular weight excluding hydrogens is 391 g/mol. The van der Waals surface area contributed by atoms with Gasteiger partial charge in [0.2, 0.25) is 0 Å². The van der Waals surface area contributed by atoms with E-state index < -0.39 is 0 Å². The summed E-state index contributed by atoms with van der Waals surface area (Å²) in [6.07, 6.45) is 0.966. The maximum atomic E-state index is 3.95. The van der Waals surface area contributed by atoms with Gasteiger partial charge in [-0.3, -0.25) is 7.05 Å². The predicted octanol–water partition coefficient (Wildman–Crippen LogP) is 0.611. The van der Waals surface area contributed by atoms with Gasteiger partial charge in [0.05, 0.1) is 0 Å². The molecule has 0 amide bonds. The third kappa shape index (κ3) is 8.02. The number of likely N-dealkylation sites (N-methyl/N-ethyl adjacent to an activating group) is 1. The van der Waals surface area contributed by atoms with Crippen LogP contribution >= 0.6 is 0 Å². The summed E-state index contributed by atoms with van der Waals surface area (Å²) in [6, 6.07) is 0.568. The first-order chi connectivity index (χ1) is 4.74. The molecule has 0 aliphatic carbocycles. The maximum Gasteiger partial charge on any atom is 0.00866 e. The van der Waals surface area contributed by atoms with E-state index >= 15 is 0 Å². The topological polar surface area (TPSA) is 6.48 Å². The second-order valence-corrected chi connectivity index (χ2v) is 3.02. The SMILES string of the molecule is [CH2-]CC1CN(C)CCN1[CH2-].[Y].[Y].[Y]. The van der Waals surface area contributed by atoms with Crippen LogP contribution in [-0.4, -0.2) is 42.5 Å². The summed E-state index contributed by atoms with van der Waals surface area (Å²) in [5.74, 6) is 0. The Balaban J connectivity index is -0.000000333. The van der Waals surface area contributed by atoms with Crippen molar-refractivity contribution in [3.8, 4) is 0 Å². The molecule has 0 aromatic heterocycles. The molecule has 5 heteroatoms. The molecule has 0 bridgehead atoms. The Morgan fingerprint density at radius 2 is 1.77 bits per heavy atom. The van der Waals surface area contributed by atoms with Gasteiger partial charge in [0.1, 0.15) is 0 Å². The van der Waals surface area contributed by atoms with E-state index in [9.17, 15) is 0 Å². The Kier molecular flexibility index (Phi) is 19.4. The van der Waals surface area contributed by atoms with Crippen molar-refractivity contribution in [2.45, 2.75) is 12.5 Å². The van der Waals surface area contributed by atoms with Crippen molar-refractivity contribution < 1.29 is 98.1 Å². The normalized spacial score (nSPS) is 23.8. The van der Waals surface area contributed by atoms with Gasteiger partial charge in [0.25, 0.3) is 0 Å². The Morgan fingerprint density at radius 1 is 1.23 bits per heavy atom. The summed E-state index contributed by atoms with van der Waals surface area (Å²) in [7, 11) is 6.10. The third-order valence-corrected chi connectivity index (χ3v) is 2.14. The average molecular weight is 407 g/mol. The summed E-state index contributed by atoms with van der Waals surface area (Å²) < 4.78 is 0. The Labute approximate surface area is 158 Å². The van der Waals surface area contributed by atoms with Gasteiger partial charge < -0.3 is 16.7 Å². The second-order valence-electron chi connectivity index (χ2n) is 3.02. The first-order valence-corrected chi connectivity index (χ1v) is 3.79. The molecule has 3 radical (unpaired) electrons. The van der Waals surface area contributed by atoms with E-state index in [2.05, 4.69) is 30.8 Å². The van der Waals surface area contributed by atoms with Gasteiger partial charge in [0.15, 0.2) is 0 Å². The van der Waals surface area contributed by atoms with E-state index in [-0.39, 0.29) is 98.1 Å². The van der Waals surface area contributed by atoms with Crippen LogP contribution in [0.3, 0.4) is 0 Å². The zero-order chi connectivity index (χ0) is 7.56. The van der Waals surface area contributed by atoms with E-state index in [4.69, 9.17) is 0 Å². The van der Waals surface area contributed by atoms with Crippen LogP contribution in [0.25, 0.3) is 0 Å². The number of rotatable bonds is 1. The molecule has 0 N–H and O–H groups in total. The van der Waals surface area contributed by atoms with Crippen LogP contribution < -0.4 is 0 Å². The van der Waals surface area contributed by atoms with Gasteiger partial charge in [-0.15, -0.1) is 0 Å². The molecular formula is C8H16N2Y3-2. The van der Waals surface area contributed by atoms with Gasteiger partial charge in [-0.05, 0) is 19.6 Å². The van der Waals surface area contributed by atoms with E-state index in [0.29, 0.717) is 6.04 Å². The molecule has 0 saturated carbocycles. The Bertz CT molecular complexity index is 114. The fraction of sp³-hybridized carbons (Fsp3) is 0.750. The molecule has 1 heterocycles. The van der Waals surface area contributed by atoms with E-state index in [1.807, 2.05) is 0 Å². The zero-order valence-corrected chi connectivity index (χ0v) is 17.0. The predicted molar refractivity (Wildman–Crippen MR) is 43.3 cm³/mol. The standard InChI is InChI=1S/C8H16N2.3Y/c1-4-8-7-9(2)5-6-10(8)3;;;/h8H,1,3-7H2,2H3;;;/q-2;;;. The van der Waals surface area contributed by atoms with Crippen LogP contribution in [0.5, 0.6) is 0 Å². The van der Waals surface area contributed by atoms with Crippen molar-refractivity contribution in [2.24, 2.45) is 0 Å². The van der Waals surface area contributed by atoms with Crippen molar-refractivity contribution in [1.82, 2.24) is 9.80 Å². The summed E-state index contributed by atoms with van der Waals surface area (Å²) in [6.45, 7) is 7.22. The minimum absolute atomic E-state index is 0. The number of piperazine rings is 1. The Morgan fingerprint density at radius 3 is 2.15 bits per heavy atom. The average Bonchev–Trinajstić information content (AvgIpc) is 1.94. The van der Waals surface area contributed by atoms with Crippen molar-refractivity contribution >= 4 is 0 Å². The molecule has 0 spiro atoms. The molecule has 1 rings (SSSR count). The molecule has 0 aromatic carbocycles. The van der Waals surface area contributed by atoms with E-state index in [1.165, 1.54) is 0 Å². The molecule has 1 unspecified atom stereocenters. The van der Waals surface area contributed by atoms with Crippen LogP contribution in [0, 0.1) is 14.0 Å². The first kappa shape index (κ1) is 21.5. The largest absolute Gasteiger partial charge is 0.457 e. The second kappa shape index (κ2) is 11.7. The molecule has 1 atom stereocenters. The van der Waals surface area contributed by atoms with Crippen molar-refractivity contribution in [2.75, 3.05) is 26.7 Å². The first-order valence-electron chi connectivity index (χ1n) is 3.79. The number of hydrogen-bond acceptors (Lipinski definition) is 2. The summed E-state index contributed by atoms with van der Waals surface area (Å²) in [4.78, 5) is 4.48. The molecule has 1 aliphatic heterocycles. The summed E-state index contributed by atoms with van der Waals surface area (Å²) in [5.41, 5.74) is 0. The minimum Gasteiger partial charge on any atom is -0.457 e. The van der Waals surface area contributed by atoms with E-state index in [0.717, 1.165) is 26.1 Å².